The van der Waals surface area contributed by atoms with Crippen LogP contribution < -0.4 is 0 Å². The van der Waals surface area contributed by atoms with Gasteiger partial charge in [0, 0.05) is 12.2 Å². The molecule has 1 nitrogen and oxygen atoms in total. The largest absolute Gasteiger partial charge is 0.246 e. The number of nitrogens with zero attached hydrogens (tertiary/aromatic N) is 1. The van der Waals surface area contributed by atoms with Crippen molar-refractivity contribution in [1.29, 1.82) is 0 Å². The maximum atomic E-state index is 4.71. The minimum absolute atomic E-state index is 0.653. The number of hydrogen-bond donors (Lipinski definition) is 0. The average Bonchev–Trinajstić information content (AvgIpc) is 2.95. The van der Waals surface area contributed by atoms with Gasteiger partial charge in [-0.05, 0) is 35.1 Å². The first-order valence-corrected chi connectivity index (χ1v) is 8.62. The van der Waals surface area contributed by atoms with Gasteiger partial charge in [0.25, 0.3) is 0 Å². The highest BCUT2D eigenvalue weighted by Gasteiger charge is 2.14. The third-order valence-electron chi connectivity index (χ3n) is 4.15. The van der Waals surface area contributed by atoms with Gasteiger partial charge in [0.2, 0.25) is 0 Å². The maximum absolute atomic E-state index is 4.71. The summed E-state index contributed by atoms with van der Waals surface area (Å²) >= 11 is 1.86. The Morgan fingerprint density at radius 1 is 1.10 bits per heavy atom. The van der Waals surface area contributed by atoms with E-state index in [1.165, 1.54) is 28.2 Å². The fraction of sp³-hybridized carbons (Fsp3) is 0.316. The molecule has 1 heterocycles. The molecule has 1 atom stereocenters. The van der Waals surface area contributed by atoms with E-state index < -0.39 is 0 Å². The van der Waals surface area contributed by atoms with E-state index in [-0.39, 0.29) is 0 Å². The summed E-state index contributed by atoms with van der Waals surface area (Å²) in [5.74, 6) is 1.66. The minimum atomic E-state index is 0.653. The molecule has 0 aliphatic carbocycles. The van der Waals surface area contributed by atoms with Gasteiger partial charge >= 0.3 is 0 Å². The molecule has 0 amide bonds. The van der Waals surface area contributed by atoms with Crippen LogP contribution in [0.4, 0.5) is 5.69 Å². The molecule has 2 aromatic carbocycles. The van der Waals surface area contributed by atoms with Crippen LogP contribution in [0.15, 0.2) is 53.5 Å². The lowest BCUT2D eigenvalue weighted by molar-refractivity contribution is 0.733. The van der Waals surface area contributed by atoms with Crippen molar-refractivity contribution in [2.75, 3.05) is 0 Å². The zero-order valence-electron chi connectivity index (χ0n) is 12.7. The van der Waals surface area contributed by atoms with E-state index in [1.807, 2.05) is 11.8 Å². The van der Waals surface area contributed by atoms with Gasteiger partial charge in [-0.15, -0.1) is 11.8 Å². The Bertz CT molecular complexity index is 643. The van der Waals surface area contributed by atoms with Gasteiger partial charge in [-0.3, -0.25) is 0 Å². The summed E-state index contributed by atoms with van der Waals surface area (Å²) in [4.78, 5) is 4.71. The molecule has 0 fully saturated rings. The Morgan fingerprint density at radius 3 is 2.57 bits per heavy atom. The van der Waals surface area contributed by atoms with Crippen molar-refractivity contribution in [2.45, 2.75) is 38.4 Å². The van der Waals surface area contributed by atoms with Gasteiger partial charge in [0.1, 0.15) is 0 Å². The molecule has 0 N–H and O–H groups in total. The van der Waals surface area contributed by atoms with Gasteiger partial charge in [0.05, 0.1) is 10.7 Å². The summed E-state index contributed by atoms with van der Waals surface area (Å²) in [5, 5.41) is 1.24. The van der Waals surface area contributed by atoms with Crippen LogP contribution in [0.2, 0.25) is 0 Å². The molecule has 2 aromatic rings. The Hall–Kier alpha value is -1.54. The van der Waals surface area contributed by atoms with E-state index in [0.29, 0.717) is 5.92 Å². The van der Waals surface area contributed by atoms with Gasteiger partial charge < -0.3 is 0 Å². The zero-order valence-corrected chi connectivity index (χ0v) is 13.5. The van der Waals surface area contributed by atoms with Gasteiger partial charge in [-0.1, -0.05) is 56.3 Å². The Balaban J connectivity index is 1.59. The van der Waals surface area contributed by atoms with Crippen LogP contribution in [-0.4, -0.2) is 5.04 Å². The molecule has 0 aromatic heterocycles. The third kappa shape index (κ3) is 3.38. The highest BCUT2D eigenvalue weighted by atomic mass is 32.2. The lowest BCUT2D eigenvalue weighted by atomic mass is 9.98. The second kappa shape index (κ2) is 6.48. The molecule has 1 aliphatic heterocycles. The second-order valence-electron chi connectivity index (χ2n) is 5.65. The molecule has 0 saturated heterocycles. The molecule has 1 aliphatic rings. The number of benzene rings is 2. The number of rotatable bonds is 4. The summed E-state index contributed by atoms with van der Waals surface area (Å²) in [5.41, 5.74) is 5.32. The molecule has 21 heavy (non-hydrogen) atoms. The predicted octanol–water partition coefficient (Wildman–Crippen LogP) is 5.72. The fourth-order valence-electron chi connectivity index (χ4n) is 2.53. The molecule has 2 heteroatoms. The Morgan fingerprint density at radius 2 is 1.86 bits per heavy atom. The summed E-state index contributed by atoms with van der Waals surface area (Å²) in [7, 11) is 0. The van der Waals surface area contributed by atoms with Crippen molar-refractivity contribution in [3.63, 3.8) is 0 Å². The fourth-order valence-corrected chi connectivity index (χ4v) is 3.48. The Labute approximate surface area is 131 Å². The summed E-state index contributed by atoms with van der Waals surface area (Å²) < 4.78 is 0. The van der Waals surface area contributed by atoms with E-state index in [9.17, 15) is 0 Å². The van der Waals surface area contributed by atoms with Crippen molar-refractivity contribution in [3.8, 4) is 0 Å². The first-order chi connectivity index (χ1) is 10.3. The Kier molecular flexibility index (Phi) is 4.45. The monoisotopic (exact) mass is 295 g/mol. The van der Waals surface area contributed by atoms with Crippen LogP contribution in [0, 0.1) is 0 Å². The normalized spacial score (nSPS) is 14.7. The smallest absolute Gasteiger partial charge is 0.0786 e. The maximum Gasteiger partial charge on any atom is 0.0786 e. The van der Waals surface area contributed by atoms with Crippen molar-refractivity contribution < 1.29 is 0 Å². The average molecular weight is 295 g/mol. The molecule has 0 radical (unpaired) electrons. The zero-order chi connectivity index (χ0) is 14.7. The molecule has 108 valence electrons. The first-order valence-electron chi connectivity index (χ1n) is 7.63. The second-order valence-corrected chi connectivity index (χ2v) is 6.70. The summed E-state index contributed by atoms with van der Waals surface area (Å²) in [6.07, 6.45) is 2.19. The number of fused-ring (bicyclic) bond motifs is 1. The summed E-state index contributed by atoms with van der Waals surface area (Å²) in [6, 6.07) is 17.5. The van der Waals surface area contributed by atoms with Crippen LogP contribution >= 0.6 is 11.8 Å². The summed E-state index contributed by atoms with van der Waals surface area (Å²) in [6.45, 7) is 4.53. The van der Waals surface area contributed by atoms with Gasteiger partial charge in [-0.2, -0.15) is 0 Å². The quantitative estimate of drug-likeness (QED) is 0.702. The predicted molar refractivity (Wildman–Crippen MR) is 93.7 cm³/mol. The van der Waals surface area contributed by atoms with E-state index in [2.05, 4.69) is 62.4 Å². The van der Waals surface area contributed by atoms with E-state index in [0.717, 1.165) is 17.9 Å². The van der Waals surface area contributed by atoms with Crippen LogP contribution in [0.5, 0.6) is 0 Å². The standard InChI is InChI=1S/C19H21NS/c1-3-14(2)16-10-8-15(9-11-16)13-21-19-12-17-6-4-5-7-18(17)20-19/h4-11,14H,3,12-13H2,1-2H3. The third-order valence-corrected chi connectivity index (χ3v) is 5.19. The first kappa shape index (κ1) is 14.4. The van der Waals surface area contributed by atoms with Gasteiger partial charge in [0.15, 0.2) is 0 Å². The number of hydrogen-bond acceptors (Lipinski definition) is 2. The molecule has 1 unspecified atom stereocenters. The van der Waals surface area contributed by atoms with Crippen molar-refractivity contribution in [2.24, 2.45) is 4.99 Å². The van der Waals surface area contributed by atoms with Crippen molar-refractivity contribution in [1.82, 2.24) is 0 Å². The van der Waals surface area contributed by atoms with E-state index in [1.54, 1.807) is 0 Å². The van der Waals surface area contributed by atoms with Crippen molar-refractivity contribution in [3.05, 3.63) is 65.2 Å². The van der Waals surface area contributed by atoms with Crippen LogP contribution in [0.25, 0.3) is 0 Å². The van der Waals surface area contributed by atoms with Crippen molar-refractivity contribution >= 4 is 22.5 Å². The highest BCUT2D eigenvalue weighted by molar-refractivity contribution is 8.13. The van der Waals surface area contributed by atoms with E-state index >= 15 is 0 Å². The number of thioether (sulfide) groups is 1. The molecular formula is C19H21NS. The SMILES string of the molecule is CCC(C)c1ccc(CSC2=Nc3ccccc3C2)cc1. The minimum Gasteiger partial charge on any atom is -0.246 e. The van der Waals surface area contributed by atoms with Crippen LogP contribution in [0.1, 0.15) is 42.9 Å². The van der Waals surface area contributed by atoms with Gasteiger partial charge in [-0.25, -0.2) is 4.99 Å². The van der Waals surface area contributed by atoms with E-state index in [4.69, 9.17) is 4.99 Å². The molecule has 3 rings (SSSR count). The topological polar surface area (TPSA) is 12.4 Å². The molecule has 0 spiro atoms. The van der Waals surface area contributed by atoms with Crippen LogP contribution in [-0.2, 0) is 12.2 Å². The highest BCUT2D eigenvalue weighted by Crippen LogP contribution is 2.31. The molecule has 0 bridgehead atoms. The number of para-hydroxylation sites is 1. The lowest BCUT2D eigenvalue weighted by Gasteiger charge is -2.09. The lowest BCUT2D eigenvalue weighted by Crippen LogP contribution is -1.94. The molecular weight excluding hydrogens is 274 g/mol. The molecule has 0 saturated carbocycles. The van der Waals surface area contributed by atoms with Crippen LogP contribution in [0.3, 0.4) is 0 Å². The number of aliphatic imine (C=N–C) groups is 1.